The van der Waals surface area contributed by atoms with Gasteiger partial charge in [0, 0.05) is 24.2 Å². The number of benzene rings is 1. The molecular formula is C13H20Cl2N2O2S. The van der Waals surface area contributed by atoms with Crippen LogP contribution in [0.2, 0.25) is 5.02 Å². The largest absolute Gasteiger partial charge is 0.328 e. The molecule has 2 rings (SSSR count). The molecule has 2 N–H and O–H groups in total. The molecule has 20 heavy (non-hydrogen) atoms. The third kappa shape index (κ3) is 3.86. The lowest BCUT2D eigenvalue weighted by molar-refractivity contribution is 0.243. The van der Waals surface area contributed by atoms with E-state index in [1.54, 1.807) is 24.3 Å². The molecule has 0 radical (unpaired) electrons. The first-order valence-corrected chi connectivity index (χ1v) is 8.24. The molecule has 0 bridgehead atoms. The second-order valence-electron chi connectivity index (χ2n) is 5.08. The smallest absolute Gasteiger partial charge is 0.243 e. The van der Waals surface area contributed by atoms with Gasteiger partial charge >= 0.3 is 0 Å². The topological polar surface area (TPSA) is 63.4 Å². The predicted molar refractivity (Wildman–Crippen MR) is 83.8 cm³/mol. The molecule has 2 unspecified atom stereocenters. The molecule has 1 aromatic carbocycles. The zero-order valence-corrected chi connectivity index (χ0v) is 13.7. The molecular weight excluding hydrogens is 319 g/mol. The first kappa shape index (κ1) is 17.7. The quantitative estimate of drug-likeness (QED) is 0.920. The summed E-state index contributed by atoms with van der Waals surface area (Å²) in [6, 6.07) is 6.31. The van der Waals surface area contributed by atoms with Crippen LogP contribution in [0.25, 0.3) is 0 Å². The van der Waals surface area contributed by atoms with Crippen molar-refractivity contribution >= 4 is 34.0 Å². The molecule has 1 aliphatic heterocycles. The van der Waals surface area contributed by atoms with Gasteiger partial charge in [0.25, 0.3) is 0 Å². The van der Waals surface area contributed by atoms with Gasteiger partial charge in [-0.1, -0.05) is 11.6 Å². The van der Waals surface area contributed by atoms with Crippen molar-refractivity contribution in [1.82, 2.24) is 4.31 Å². The van der Waals surface area contributed by atoms with E-state index in [-0.39, 0.29) is 24.4 Å². The Bertz CT molecular complexity index is 532. The highest BCUT2D eigenvalue weighted by atomic mass is 35.5. The van der Waals surface area contributed by atoms with Crippen molar-refractivity contribution in [2.24, 2.45) is 11.7 Å². The van der Waals surface area contributed by atoms with Gasteiger partial charge in [-0.2, -0.15) is 4.31 Å². The maximum Gasteiger partial charge on any atom is 0.243 e. The summed E-state index contributed by atoms with van der Waals surface area (Å²) in [5, 5.41) is 0.533. The van der Waals surface area contributed by atoms with E-state index < -0.39 is 10.0 Å². The molecule has 0 aliphatic carbocycles. The van der Waals surface area contributed by atoms with Gasteiger partial charge in [0.05, 0.1) is 4.90 Å². The lowest BCUT2D eigenvalue weighted by Gasteiger charge is -2.33. The summed E-state index contributed by atoms with van der Waals surface area (Å²) in [4.78, 5) is 0.294. The zero-order valence-electron chi connectivity index (χ0n) is 11.3. The molecule has 7 heteroatoms. The predicted octanol–water partition coefficient (Wildman–Crippen LogP) is 2.51. The summed E-state index contributed by atoms with van der Waals surface area (Å²) in [5.74, 6) is 0.232. The first-order chi connectivity index (χ1) is 8.91. The van der Waals surface area contributed by atoms with Crippen LogP contribution in [0.5, 0.6) is 0 Å². The molecule has 114 valence electrons. The highest BCUT2D eigenvalue weighted by Crippen LogP contribution is 2.25. The van der Waals surface area contributed by atoms with E-state index in [2.05, 4.69) is 0 Å². The number of sulfonamides is 1. The minimum absolute atomic E-state index is 0. The van der Waals surface area contributed by atoms with Crippen molar-refractivity contribution in [3.05, 3.63) is 29.3 Å². The van der Waals surface area contributed by atoms with Crippen LogP contribution in [0.1, 0.15) is 19.8 Å². The number of nitrogens with zero attached hydrogens (tertiary/aromatic N) is 1. The highest BCUT2D eigenvalue weighted by Gasteiger charge is 2.31. The van der Waals surface area contributed by atoms with Crippen LogP contribution in [-0.2, 0) is 10.0 Å². The second-order valence-corrected chi connectivity index (χ2v) is 7.45. The normalized spacial score (nSPS) is 22.1. The van der Waals surface area contributed by atoms with Crippen LogP contribution >= 0.6 is 24.0 Å². The van der Waals surface area contributed by atoms with E-state index in [1.165, 1.54) is 4.31 Å². The average Bonchev–Trinajstić information content (AvgIpc) is 2.39. The summed E-state index contributed by atoms with van der Waals surface area (Å²) in [6.07, 6.45) is 1.85. The fraction of sp³-hybridized carbons (Fsp3) is 0.538. The number of hydrogen-bond acceptors (Lipinski definition) is 3. The molecule has 1 aromatic rings. The van der Waals surface area contributed by atoms with E-state index in [0.29, 0.717) is 23.0 Å². The van der Waals surface area contributed by atoms with E-state index in [9.17, 15) is 8.42 Å². The summed E-state index contributed by atoms with van der Waals surface area (Å²) >= 11 is 5.79. The number of nitrogens with two attached hydrogens (primary N) is 1. The Morgan fingerprint density at radius 2 is 1.95 bits per heavy atom. The monoisotopic (exact) mass is 338 g/mol. The molecule has 2 atom stereocenters. The summed E-state index contributed by atoms with van der Waals surface area (Å²) < 4.78 is 26.6. The Morgan fingerprint density at radius 3 is 2.50 bits per heavy atom. The van der Waals surface area contributed by atoms with Crippen molar-refractivity contribution in [1.29, 1.82) is 0 Å². The van der Waals surface area contributed by atoms with Crippen LogP contribution in [0.15, 0.2) is 29.2 Å². The minimum Gasteiger partial charge on any atom is -0.328 e. The number of hydrogen-bond donors (Lipinski definition) is 1. The molecule has 1 fully saturated rings. The van der Waals surface area contributed by atoms with Gasteiger partial charge in [-0.3, -0.25) is 0 Å². The molecule has 1 saturated heterocycles. The number of rotatable bonds is 3. The first-order valence-electron chi connectivity index (χ1n) is 6.42. The standard InChI is InChI=1S/C13H19ClN2O2S.ClH/c1-10(15)11-3-2-8-16(9-11)19(17,18)13-6-4-12(14)5-7-13;/h4-7,10-11H,2-3,8-9,15H2,1H3;1H. The lowest BCUT2D eigenvalue weighted by atomic mass is 9.93. The maximum absolute atomic E-state index is 12.5. The zero-order chi connectivity index (χ0) is 14.0. The Balaban J connectivity index is 0.00000200. The van der Waals surface area contributed by atoms with Gasteiger partial charge in [0.2, 0.25) is 10.0 Å². The van der Waals surface area contributed by atoms with E-state index in [4.69, 9.17) is 17.3 Å². The van der Waals surface area contributed by atoms with Crippen LogP contribution in [0.4, 0.5) is 0 Å². The van der Waals surface area contributed by atoms with Crippen molar-refractivity contribution in [2.45, 2.75) is 30.7 Å². The summed E-state index contributed by atoms with van der Waals surface area (Å²) in [6.45, 7) is 3.00. The Kier molecular flexibility index (Phi) is 6.28. The summed E-state index contributed by atoms with van der Waals surface area (Å²) in [5.41, 5.74) is 5.89. The van der Waals surface area contributed by atoms with Crippen LogP contribution in [0.3, 0.4) is 0 Å². The van der Waals surface area contributed by atoms with E-state index in [0.717, 1.165) is 12.8 Å². The maximum atomic E-state index is 12.5. The van der Waals surface area contributed by atoms with Gasteiger partial charge < -0.3 is 5.73 Å². The fourth-order valence-corrected chi connectivity index (χ4v) is 4.04. The number of halogens is 2. The fourth-order valence-electron chi connectivity index (χ4n) is 2.38. The van der Waals surface area contributed by atoms with Gasteiger partial charge in [-0.25, -0.2) is 8.42 Å². The van der Waals surface area contributed by atoms with E-state index in [1.807, 2.05) is 6.92 Å². The highest BCUT2D eigenvalue weighted by molar-refractivity contribution is 7.89. The van der Waals surface area contributed by atoms with Gasteiger partial charge in [-0.05, 0) is 49.9 Å². The van der Waals surface area contributed by atoms with Crippen molar-refractivity contribution in [2.75, 3.05) is 13.1 Å². The Hall–Kier alpha value is -0.330. The average molecular weight is 339 g/mol. The Labute approximate surface area is 131 Å². The molecule has 4 nitrogen and oxygen atoms in total. The van der Waals surface area contributed by atoms with Crippen molar-refractivity contribution in [3.8, 4) is 0 Å². The van der Waals surface area contributed by atoms with Crippen LogP contribution in [0, 0.1) is 5.92 Å². The molecule has 1 aliphatic rings. The number of piperidine rings is 1. The SMILES string of the molecule is CC(N)C1CCCN(S(=O)(=O)c2ccc(Cl)cc2)C1.Cl. The lowest BCUT2D eigenvalue weighted by Crippen LogP contribution is -2.44. The molecule has 0 aromatic heterocycles. The Morgan fingerprint density at radius 1 is 1.35 bits per heavy atom. The van der Waals surface area contributed by atoms with Gasteiger partial charge in [0.1, 0.15) is 0 Å². The van der Waals surface area contributed by atoms with Crippen molar-refractivity contribution in [3.63, 3.8) is 0 Å². The second kappa shape index (κ2) is 7.09. The van der Waals surface area contributed by atoms with Crippen molar-refractivity contribution < 1.29 is 8.42 Å². The molecule has 0 amide bonds. The van der Waals surface area contributed by atoms with Gasteiger partial charge in [0.15, 0.2) is 0 Å². The minimum atomic E-state index is -3.43. The van der Waals surface area contributed by atoms with Crippen LogP contribution in [-0.4, -0.2) is 31.9 Å². The molecule has 0 spiro atoms. The molecule has 1 heterocycles. The van der Waals surface area contributed by atoms with Crippen LogP contribution < -0.4 is 5.73 Å². The summed E-state index contributed by atoms with van der Waals surface area (Å²) in [7, 11) is -3.43. The van der Waals surface area contributed by atoms with Gasteiger partial charge in [-0.15, -0.1) is 12.4 Å². The third-order valence-corrected chi connectivity index (χ3v) is 5.75. The molecule has 0 saturated carbocycles. The third-order valence-electron chi connectivity index (χ3n) is 3.62. The van der Waals surface area contributed by atoms with E-state index >= 15 is 0 Å².